The van der Waals surface area contributed by atoms with Gasteiger partial charge in [0.05, 0.1) is 13.2 Å². The van der Waals surface area contributed by atoms with Crippen LogP contribution in [0.15, 0.2) is 24.3 Å². The lowest BCUT2D eigenvalue weighted by atomic mass is 10.1. The maximum atomic E-state index is 5.87. The number of unbranched alkanes of at least 4 members (excludes halogenated alkanes) is 1. The van der Waals surface area contributed by atoms with Gasteiger partial charge in [0.2, 0.25) is 0 Å². The molecule has 0 saturated heterocycles. The van der Waals surface area contributed by atoms with Gasteiger partial charge >= 0.3 is 0 Å². The van der Waals surface area contributed by atoms with Gasteiger partial charge in [-0.3, -0.25) is 0 Å². The van der Waals surface area contributed by atoms with Gasteiger partial charge in [0.1, 0.15) is 0 Å². The van der Waals surface area contributed by atoms with Crippen LogP contribution in [-0.4, -0.2) is 33.5 Å². The van der Waals surface area contributed by atoms with Gasteiger partial charge in [0.25, 0.3) is 0 Å². The van der Waals surface area contributed by atoms with E-state index in [-0.39, 0.29) is 0 Å². The Balaban J connectivity index is 2.04. The number of nitrogens with one attached hydrogen (secondary N) is 1. The maximum absolute atomic E-state index is 5.87. The Labute approximate surface area is 121 Å². The number of ether oxygens (including phenoxy) is 2. The molecule has 0 fully saturated rings. The van der Waals surface area contributed by atoms with Crippen LogP contribution in [0, 0.1) is 0 Å². The van der Waals surface area contributed by atoms with Crippen LogP contribution in [0.1, 0.15) is 31.4 Å². The Kier molecular flexibility index (Phi) is 8.84. The highest BCUT2D eigenvalue weighted by atomic mass is 35.5. The van der Waals surface area contributed by atoms with Crippen molar-refractivity contribution in [2.24, 2.45) is 0 Å². The van der Waals surface area contributed by atoms with Gasteiger partial charge in [0, 0.05) is 24.8 Å². The predicted octanol–water partition coefficient (Wildman–Crippen LogP) is 3.43. The molecule has 4 heteroatoms. The molecule has 0 amide bonds. The van der Waals surface area contributed by atoms with Crippen molar-refractivity contribution in [3.63, 3.8) is 0 Å². The van der Waals surface area contributed by atoms with E-state index in [1.807, 2.05) is 12.1 Å². The zero-order valence-corrected chi connectivity index (χ0v) is 12.6. The maximum Gasteiger partial charge on any atom is 0.0700 e. The Hall–Kier alpha value is -0.610. The van der Waals surface area contributed by atoms with Crippen molar-refractivity contribution in [2.75, 3.05) is 33.5 Å². The monoisotopic (exact) mass is 285 g/mol. The average Bonchev–Trinajstić information content (AvgIpc) is 2.42. The van der Waals surface area contributed by atoms with Crippen LogP contribution >= 0.6 is 11.6 Å². The van der Waals surface area contributed by atoms with E-state index in [9.17, 15) is 0 Å². The van der Waals surface area contributed by atoms with Crippen molar-refractivity contribution in [1.82, 2.24) is 5.32 Å². The second-order valence-electron chi connectivity index (χ2n) is 4.54. The van der Waals surface area contributed by atoms with E-state index in [1.54, 1.807) is 7.11 Å². The van der Waals surface area contributed by atoms with Gasteiger partial charge in [0.15, 0.2) is 0 Å². The van der Waals surface area contributed by atoms with Crippen molar-refractivity contribution in [2.45, 2.75) is 25.8 Å². The van der Waals surface area contributed by atoms with E-state index in [0.29, 0.717) is 19.3 Å². The van der Waals surface area contributed by atoms with Crippen molar-refractivity contribution in [3.8, 4) is 0 Å². The molecule has 19 heavy (non-hydrogen) atoms. The Morgan fingerprint density at radius 1 is 1.11 bits per heavy atom. The zero-order valence-electron chi connectivity index (χ0n) is 11.8. The highest BCUT2D eigenvalue weighted by Crippen LogP contribution is 2.15. The number of methoxy groups -OCH3 is 1. The molecule has 0 bridgehead atoms. The number of benzene rings is 1. The fourth-order valence-corrected chi connectivity index (χ4v) is 1.89. The van der Waals surface area contributed by atoms with Crippen LogP contribution in [0.25, 0.3) is 0 Å². The summed E-state index contributed by atoms with van der Waals surface area (Å²) in [7, 11) is 1.69. The molecule has 0 aliphatic carbocycles. The minimum absolute atomic E-state index is 0.353. The fourth-order valence-electron chi connectivity index (χ4n) is 1.76. The minimum Gasteiger partial charge on any atom is -0.382 e. The molecule has 1 unspecified atom stereocenters. The number of hydrogen-bond donors (Lipinski definition) is 1. The first-order valence-corrected chi connectivity index (χ1v) is 7.17. The molecule has 0 aliphatic rings. The smallest absolute Gasteiger partial charge is 0.0700 e. The van der Waals surface area contributed by atoms with Crippen molar-refractivity contribution < 1.29 is 9.47 Å². The van der Waals surface area contributed by atoms with Crippen LogP contribution in [0.3, 0.4) is 0 Å². The van der Waals surface area contributed by atoms with Crippen LogP contribution in [0.5, 0.6) is 0 Å². The van der Waals surface area contributed by atoms with E-state index in [2.05, 4.69) is 24.4 Å². The van der Waals surface area contributed by atoms with Gasteiger partial charge in [-0.1, -0.05) is 23.7 Å². The lowest BCUT2D eigenvalue weighted by molar-refractivity contribution is 0.0687. The molecule has 1 aromatic rings. The minimum atomic E-state index is 0.353. The molecule has 0 aliphatic heterocycles. The summed E-state index contributed by atoms with van der Waals surface area (Å²) in [5.41, 5.74) is 1.26. The molecule has 1 aromatic carbocycles. The molecule has 3 nitrogen and oxygen atoms in total. The summed E-state index contributed by atoms with van der Waals surface area (Å²) in [4.78, 5) is 0. The quantitative estimate of drug-likeness (QED) is 0.668. The van der Waals surface area contributed by atoms with Gasteiger partial charge in [-0.25, -0.2) is 0 Å². The first-order chi connectivity index (χ1) is 9.24. The van der Waals surface area contributed by atoms with Gasteiger partial charge < -0.3 is 14.8 Å². The molecule has 1 rings (SSSR count). The fraction of sp³-hybridized carbons (Fsp3) is 0.600. The summed E-state index contributed by atoms with van der Waals surface area (Å²) in [6.07, 6.45) is 2.19. The highest BCUT2D eigenvalue weighted by Gasteiger charge is 2.03. The summed E-state index contributed by atoms with van der Waals surface area (Å²) in [6.45, 7) is 5.33. The van der Waals surface area contributed by atoms with Crippen LogP contribution < -0.4 is 5.32 Å². The Morgan fingerprint density at radius 3 is 2.53 bits per heavy atom. The average molecular weight is 286 g/mol. The number of halogens is 1. The zero-order chi connectivity index (χ0) is 13.9. The van der Waals surface area contributed by atoms with E-state index >= 15 is 0 Å². The summed E-state index contributed by atoms with van der Waals surface area (Å²) in [5.74, 6) is 0. The van der Waals surface area contributed by atoms with Crippen molar-refractivity contribution in [3.05, 3.63) is 34.9 Å². The van der Waals surface area contributed by atoms with Gasteiger partial charge in [-0.15, -0.1) is 0 Å². The van der Waals surface area contributed by atoms with E-state index in [1.165, 1.54) is 5.56 Å². The Bertz CT molecular complexity index is 329. The summed E-state index contributed by atoms with van der Waals surface area (Å²) in [5, 5.41) is 4.28. The molecule has 1 atom stereocenters. The van der Waals surface area contributed by atoms with E-state index in [0.717, 1.165) is 31.0 Å². The third kappa shape index (κ3) is 7.53. The van der Waals surface area contributed by atoms with Crippen LogP contribution in [0.4, 0.5) is 0 Å². The van der Waals surface area contributed by atoms with Gasteiger partial charge in [-0.05, 0) is 44.0 Å². The molecule has 0 aromatic heterocycles. The number of rotatable bonds is 10. The molecule has 1 N–H and O–H groups in total. The Morgan fingerprint density at radius 2 is 1.84 bits per heavy atom. The van der Waals surface area contributed by atoms with Crippen LogP contribution in [-0.2, 0) is 9.47 Å². The van der Waals surface area contributed by atoms with Crippen LogP contribution in [0.2, 0.25) is 5.02 Å². The lowest BCUT2D eigenvalue weighted by Crippen LogP contribution is -2.20. The van der Waals surface area contributed by atoms with E-state index < -0.39 is 0 Å². The highest BCUT2D eigenvalue weighted by molar-refractivity contribution is 6.30. The first-order valence-electron chi connectivity index (χ1n) is 6.79. The van der Waals surface area contributed by atoms with Gasteiger partial charge in [-0.2, -0.15) is 0 Å². The predicted molar refractivity (Wildman–Crippen MR) is 79.8 cm³/mol. The molecular weight excluding hydrogens is 262 g/mol. The van der Waals surface area contributed by atoms with Crippen molar-refractivity contribution in [1.29, 1.82) is 0 Å². The third-order valence-corrected chi connectivity index (χ3v) is 3.22. The summed E-state index contributed by atoms with van der Waals surface area (Å²) in [6, 6.07) is 8.34. The molecule has 0 saturated carbocycles. The lowest BCUT2D eigenvalue weighted by Gasteiger charge is -2.14. The SMILES string of the molecule is COCCOCCCCNC(C)c1ccc(Cl)cc1. The topological polar surface area (TPSA) is 30.5 Å². The second kappa shape index (κ2) is 10.2. The molecule has 108 valence electrons. The van der Waals surface area contributed by atoms with E-state index in [4.69, 9.17) is 21.1 Å². The third-order valence-electron chi connectivity index (χ3n) is 2.97. The largest absolute Gasteiger partial charge is 0.382 e. The first kappa shape index (κ1) is 16.4. The summed E-state index contributed by atoms with van der Waals surface area (Å²) >= 11 is 5.87. The molecule has 0 radical (unpaired) electrons. The molecular formula is C15H24ClNO2. The number of hydrogen-bond acceptors (Lipinski definition) is 3. The summed E-state index contributed by atoms with van der Waals surface area (Å²) < 4.78 is 10.3. The molecule has 0 spiro atoms. The second-order valence-corrected chi connectivity index (χ2v) is 4.98. The standard InChI is InChI=1S/C15H24ClNO2/c1-13(14-5-7-15(16)8-6-14)17-9-3-4-10-19-12-11-18-2/h5-8,13,17H,3-4,9-12H2,1-2H3. The van der Waals surface area contributed by atoms with Crippen molar-refractivity contribution >= 4 is 11.6 Å². The molecule has 0 heterocycles. The normalized spacial score (nSPS) is 12.6.